The number of carbonyl (C=O) groups is 1. The van der Waals surface area contributed by atoms with Gasteiger partial charge in [-0.3, -0.25) is 4.79 Å². The zero-order chi connectivity index (χ0) is 22.9. The molecule has 4 rings (SSSR count). The maximum absolute atomic E-state index is 13.2. The van der Waals surface area contributed by atoms with E-state index in [2.05, 4.69) is 11.8 Å². The molecular formula is C22H30N4O5S. The highest BCUT2D eigenvalue weighted by Gasteiger charge is 2.31. The molecule has 2 aromatic rings. The van der Waals surface area contributed by atoms with Crippen LogP contribution in [0.1, 0.15) is 17.4 Å². The van der Waals surface area contributed by atoms with Gasteiger partial charge in [-0.25, -0.2) is 8.42 Å². The van der Waals surface area contributed by atoms with Crippen molar-refractivity contribution in [2.24, 2.45) is 7.05 Å². The van der Waals surface area contributed by atoms with E-state index in [1.165, 1.54) is 16.6 Å². The molecule has 1 atom stereocenters. The number of anilines is 1. The van der Waals surface area contributed by atoms with Crippen LogP contribution in [-0.4, -0.2) is 87.2 Å². The summed E-state index contributed by atoms with van der Waals surface area (Å²) in [7, 11) is -0.264. The highest BCUT2D eigenvalue weighted by Crippen LogP contribution is 2.33. The minimum absolute atomic E-state index is 0.124. The maximum Gasteiger partial charge on any atom is 0.270 e. The lowest BCUT2D eigenvalue weighted by atomic mass is 10.1. The summed E-state index contributed by atoms with van der Waals surface area (Å²) in [5, 5.41) is 0. The highest BCUT2D eigenvalue weighted by molar-refractivity contribution is 7.89. The molecule has 1 aromatic carbocycles. The molecule has 0 bridgehead atoms. The van der Waals surface area contributed by atoms with Crippen LogP contribution in [-0.2, 0) is 21.8 Å². The highest BCUT2D eigenvalue weighted by atomic mass is 32.2. The average Bonchev–Trinajstić information content (AvgIpc) is 3.20. The number of rotatable bonds is 6. The van der Waals surface area contributed by atoms with Gasteiger partial charge in [0.25, 0.3) is 5.91 Å². The number of sulfonamides is 1. The third kappa shape index (κ3) is 4.35. The van der Waals surface area contributed by atoms with Crippen LogP contribution in [0.25, 0.3) is 0 Å². The Morgan fingerprint density at radius 1 is 1.22 bits per heavy atom. The molecular weight excluding hydrogens is 432 g/mol. The summed E-state index contributed by atoms with van der Waals surface area (Å²) < 4.78 is 40.3. The number of amides is 1. The molecule has 0 N–H and O–H groups in total. The van der Waals surface area contributed by atoms with Gasteiger partial charge < -0.3 is 23.8 Å². The Balaban J connectivity index is 1.48. The van der Waals surface area contributed by atoms with Crippen molar-refractivity contribution in [2.75, 3.05) is 57.9 Å². The average molecular weight is 463 g/mol. The number of likely N-dealkylation sites (N-methyl/N-ethyl adjacent to an activating group) is 2. The van der Waals surface area contributed by atoms with Gasteiger partial charge in [-0.15, -0.1) is 0 Å². The predicted molar refractivity (Wildman–Crippen MR) is 121 cm³/mol. The van der Waals surface area contributed by atoms with E-state index >= 15 is 0 Å². The molecule has 32 heavy (non-hydrogen) atoms. The summed E-state index contributed by atoms with van der Waals surface area (Å²) >= 11 is 0. The predicted octanol–water partition coefficient (Wildman–Crippen LogP) is 1.41. The van der Waals surface area contributed by atoms with Crippen molar-refractivity contribution in [1.82, 2.24) is 13.8 Å². The van der Waals surface area contributed by atoms with Crippen molar-refractivity contribution in [1.29, 1.82) is 0 Å². The quantitative estimate of drug-likeness (QED) is 0.645. The van der Waals surface area contributed by atoms with Crippen molar-refractivity contribution in [3.8, 4) is 5.75 Å². The lowest BCUT2D eigenvalue weighted by Gasteiger charge is -2.37. The largest absolute Gasteiger partial charge is 0.485 e. The number of carbonyl (C=O) groups excluding carboxylic acids is 1. The molecule has 1 aromatic heterocycles. The Labute approximate surface area is 189 Å². The van der Waals surface area contributed by atoms with Crippen LogP contribution in [0.5, 0.6) is 5.75 Å². The first kappa shape index (κ1) is 22.6. The Hall–Kier alpha value is -2.56. The lowest BCUT2D eigenvalue weighted by Crippen LogP contribution is -2.47. The van der Waals surface area contributed by atoms with Gasteiger partial charge in [-0.1, -0.05) is 12.1 Å². The second-order valence-corrected chi connectivity index (χ2v) is 10.1. The molecule has 0 radical (unpaired) electrons. The number of aryl methyl sites for hydroxylation is 1. The monoisotopic (exact) mass is 462 g/mol. The van der Waals surface area contributed by atoms with Crippen molar-refractivity contribution >= 4 is 21.6 Å². The molecule has 2 aliphatic rings. The molecule has 0 saturated carbocycles. The lowest BCUT2D eigenvalue weighted by molar-refractivity contribution is 0.0700. The van der Waals surface area contributed by atoms with E-state index in [0.29, 0.717) is 45.1 Å². The molecule has 0 aliphatic carbocycles. The van der Waals surface area contributed by atoms with Gasteiger partial charge >= 0.3 is 0 Å². The van der Waals surface area contributed by atoms with Gasteiger partial charge in [-0.2, -0.15) is 4.31 Å². The Bertz CT molecular complexity index is 1080. The fraction of sp³-hybridized carbons (Fsp3) is 0.500. The molecule has 1 amide bonds. The van der Waals surface area contributed by atoms with E-state index < -0.39 is 10.0 Å². The standard InChI is InChI=1S/C22H30N4O5S/c1-4-25-15-17(31-21-8-6-5-7-19(21)25)14-24(3)22(27)20-13-18(16-23(20)2)32(28,29)26-9-11-30-12-10-26/h5-8,13,16-17H,4,9-12,14-15H2,1-3H3. The first-order valence-corrected chi connectivity index (χ1v) is 12.3. The first-order chi connectivity index (χ1) is 15.3. The summed E-state index contributed by atoms with van der Waals surface area (Å²) in [6, 6.07) is 9.35. The van der Waals surface area contributed by atoms with Crippen molar-refractivity contribution in [3.63, 3.8) is 0 Å². The van der Waals surface area contributed by atoms with Gasteiger partial charge in [0, 0.05) is 39.9 Å². The van der Waals surface area contributed by atoms with Crippen LogP contribution in [0.2, 0.25) is 0 Å². The fourth-order valence-corrected chi connectivity index (χ4v) is 5.66. The topological polar surface area (TPSA) is 84.3 Å². The third-order valence-corrected chi connectivity index (χ3v) is 7.80. The number of fused-ring (bicyclic) bond motifs is 1. The Kier molecular flexibility index (Phi) is 6.45. The van der Waals surface area contributed by atoms with Crippen LogP contribution < -0.4 is 9.64 Å². The molecule has 1 unspecified atom stereocenters. The van der Waals surface area contributed by atoms with Crippen LogP contribution in [0.4, 0.5) is 5.69 Å². The minimum Gasteiger partial charge on any atom is -0.485 e. The summed E-state index contributed by atoms with van der Waals surface area (Å²) in [5.74, 6) is 0.561. The number of morpholine rings is 1. The third-order valence-electron chi connectivity index (χ3n) is 5.94. The summed E-state index contributed by atoms with van der Waals surface area (Å²) in [4.78, 5) is 17.1. The number of aromatic nitrogens is 1. The van der Waals surface area contributed by atoms with E-state index in [0.717, 1.165) is 18.0 Å². The van der Waals surface area contributed by atoms with E-state index in [9.17, 15) is 13.2 Å². The smallest absolute Gasteiger partial charge is 0.270 e. The SMILES string of the molecule is CCN1CC(CN(C)C(=O)c2cc(S(=O)(=O)N3CCOCC3)cn2C)Oc2ccccc21. The zero-order valence-corrected chi connectivity index (χ0v) is 19.5. The Morgan fingerprint density at radius 2 is 1.94 bits per heavy atom. The first-order valence-electron chi connectivity index (χ1n) is 10.8. The van der Waals surface area contributed by atoms with E-state index in [1.807, 2.05) is 24.3 Å². The molecule has 2 aliphatic heterocycles. The number of nitrogens with zero attached hydrogens (tertiary/aromatic N) is 4. The summed E-state index contributed by atoms with van der Waals surface area (Å²) in [6.45, 7) is 5.38. The minimum atomic E-state index is -3.66. The fourth-order valence-electron chi connectivity index (χ4n) is 4.18. The van der Waals surface area contributed by atoms with Gasteiger partial charge in [-0.05, 0) is 25.1 Å². The molecule has 10 heteroatoms. The molecule has 1 fully saturated rings. The summed E-state index contributed by atoms with van der Waals surface area (Å²) in [5.41, 5.74) is 1.38. The molecule has 9 nitrogen and oxygen atoms in total. The molecule has 3 heterocycles. The van der Waals surface area contributed by atoms with Gasteiger partial charge in [0.2, 0.25) is 10.0 Å². The molecule has 1 saturated heterocycles. The number of benzene rings is 1. The van der Waals surface area contributed by atoms with E-state index in [4.69, 9.17) is 9.47 Å². The number of para-hydroxylation sites is 2. The second-order valence-electron chi connectivity index (χ2n) is 8.12. The number of hydrogen-bond donors (Lipinski definition) is 0. The van der Waals surface area contributed by atoms with E-state index in [1.54, 1.807) is 23.6 Å². The summed E-state index contributed by atoms with van der Waals surface area (Å²) in [6.07, 6.45) is 1.31. The maximum atomic E-state index is 13.2. The number of ether oxygens (including phenoxy) is 2. The van der Waals surface area contributed by atoms with Crippen LogP contribution in [0.15, 0.2) is 41.4 Å². The normalized spacial score (nSPS) is 19.3. The number of hydrogen-bond acceptors (Lipinski definition) is 6. The van der Waals surface area contributed by atoms with Crippen molar-refractivity contribution < 1.29 is 22.7 Å². The van der Waals surface area contributed by atoms with Crippen LogP contribution >= 0.6 is 0 Å². The second kappa shape index (κ2) is 9.13. The van der Waals surface area contributed by atoms with Crippen LogP contribution in [0, 0.1) is 0 Å². The molecule has 174 valence electrons. The Morgan fingerprint density at radius 3 is 2.66 bits per heavy atom. The van der Waals surface area contributed by atoms with Gasteiger partial charge in [0.05, 0.1) is 32.0 Å². The van der Waals surface area contributed by atoms with E-state index in [-0.39, 0.29) is 16.9 Å². The van der Waals surface area contributed by atoms with Crippen molar-refractivity contribution in [3.05, 3.63) is 42.2 Å². The van der Waals surface area contributed by atoms with Gasteiger partial charge in [0.15, 0.2) is 0 Å². The van der Waals surface area contributed by atoms with Gasteiger partial charge in [0.1, 0.15) is 22.4 Å². The zero-order valence-electron chi connectivity index (χ0n) is 18.7. The molecule has 0 spiro atoms. The van der Waals surface area contributed by atoms with Crippen LogP contribution in [0.3, 0.4) is 0 Å². The van der Waals surface area contributed by atoms with Crippen molar-refractivity contribution in [2.45, 2.75) is 17.9 Å².